The number of allylic oxidation sites excluding steroid dienone is 2. The molecule has 0 aromatic carbocycles. The number of rotatable bonds is 32. The smallest absolute Gasteiger partial charge is 0.790 e. The van der Waals surface area contributed by atoms with Gasteiger partial charge in [-0.2, -0.15) is 0 Å². The van der Waals surface area contributed by atoms with E-state index >= 15 is 0 Å². The van der Waals surface area contributed by atoms with Crippen molar-refractivity contribution in [2.45, 2.75) is 185 Å². The largest absolute Gasteiger partial charge is 1.00 e. The molecule has 1 rings (SSSR count). The summed E-state index contributed by atoms with van der Waals surface area (Å²) in [7, 11) is -0.921. The first-order valence-corrected chi connectivity index (χ1v) is 20.6. The average Bonchev–Trinajstić information content (AvgIpc) is 3.07. The monoisotopic (exact) mass is 765 g/mol. The standard InChI is InChI=1S/C37H72NO10P.2Na/c1-6-8-10-12-13-14-15-16-17-18-19-20-21-23-25-27-33(39)38-34-36(46-29-28-31(44-4)26-24-22-11-9-7-2)35(48-49(40,41)42)32(30-43-3)47-37(34)45-5;;/h14-15,31-32,34-37H,6-13,16-30H2,1-5H3,(H,38,39)(H2,40,41,42);;/q;2*+1/p-2/b15-14-;;. The van der Waals surface area contributed by atoms with Crippen molar-refractivity contribution in [3.05, 3.63) is 12.2 Å². The van der Waals surface area contributed by atoms with Crippen molar-refractivity contribution in [2.24, 2.45) is 0 Å². The summed E-state index contributed by atoms with van der Waals surface area (Å²) in [4.78, 5) is 36.8. The summed E-state index contributed by atoms with van der Waals surface area (Å²) in [5, 5.41) is 2.94. The van der Waals surface area contributed by atoms with Crippen LogP contribution in [0.15, 0.2) is 12.2 Å². The van der Waals surface area contributed by atoms with E-state index in [1.807, 2.05) is 0 Å². The van der Waals surface area contributed by atoms with E-state index in [4.69, 9.17) is 28.2 Å². The third-order valence-corrected chi connectivity index (χ3v) is 9.67. The fraction of sp³-hybridized carbons (Fsp3) is 0.919. The van der Waals surface area contributed by atoms with Gasteiger partial charge in [0.25, 0.3) is 0 Å². The molecule has 1 amide bonds. The Morgan fingerprint density at radius 1 is 0.784 bits per heavy atom. The van der Waals surface area contributed by atoms with Crippen LogP contribution in [0.5, 0.6) is 0 Å². The van der Waals surface area contributed by atoms with E-state index in [1.54, 1.807) is 7.11 Å². The Hall–Kier alpha value is 1.12. The summed E-state index contributed by atoms with van der Waals surface area (Å²) in [5.74, 6) is -0.232. The van der Waals surface area contributed by atoms with Crippen LogP contribution in [0.1, 0.15) is 149 Å². The van der Waals surface area contributed by atoms with Gasteiger partial charge in [-0.15, -0.1) is 0 Å². The van der Waals surface area contributed by atoms with E-state index in [9.17, 15) is 19.1 Å². The third-order valence-electron chi connectivity index (χ3n) is 9.17. The molecular formula is C37H70NNa2O10P. The van der Waals surface area contributed by atoms with Crippen molar-refractivity contribution >= 4 is 13.7 Å². The van der Waals surface area contributed by atoms with Crippen molar-refractivity contribution < 1.29 is 106 Å². The maximum Gasteiger partial charge on any atom is 1.00 e. The van der Waals surface area contributed by atoms with Crippen LogP contribution in [-0.2, 0) is 37.6 Å². The van der Waals surface area contributed by atoms with Gasteiger partial charge in [-0.3, -0.25) is 4.79 Å². The Morgan fingerprint density at radius 3 is 1.88 bits per heavy atom. The minimum Gasteiger partial charge on any atom is -0.790 e. The molecule has 0 saturated carbocycles. The second-order valence-electron chi connectivity index (χ2n) is 13.4. The minimum absolute atomic E-state index is 0. The summed E-state index contributed by atoms with van der Waals surface area (Å²) in [6, 6.07) is -0.914. The van der Waals surface area contributed by atoms with Crippen LogP contribution in [0.25, 0.3) is 0 Å². The minimum atomic E-state index is -5.45. The topological polar surface area (TPSA) is 148 Å². The zero-order chi connectivity index (χ0) is 36.2. The van der Waals surface area contributed by atoms with E-state index in [1.165, 1.54) is 84.8 Å². The number of methoxy groups -OCH3 is 3. The molecule has 0 aromatic heterocycles. The summed E-state index contributed by atoms with van der Waals surface area (Å²) < 4.78 is 45.5. The van der Waals surface area contributed by atoms with Crippen molar-refractivity contribution in [2.75, 3.05) is 34.5 Å². The van der Waals surface area contributed by atoms with Gasteiger partial charge in [0.2, 0.25) is 5.91 Å². The van der Waals surface area contributed by atoms with Crippen LogP contribution in [-0.4, -0.2) is 77.2 Å². The molecule has 0 aliphatic carbocycles. The molecule has 1 N–H and O–H groups in total. The molecule has 1 aliphatic rings. The normalized spacial score (nSPS) is 21.3. The molecule has 6 atom stereocenters. The molecule has 290 valence electrons. The number of nitrogens with one attached hydrogen (secondary N) is 1. The quantitative estimate of drug-likeness (QED) is 0.0454. The summed E-state index contributed by atoms with van der Waals surface area (Å²) in [6.07, 6.45) is 22.8. The summed E-state index contributed by atoms with van der Waals surface area (Å²) in [5.41, 5.74) is 0. The molecule has 0 radical (unpaired) electrons. The van der Waals surface area contributed by atoms with Gasteiger partial charge in [-0.05, 0) is 44.9 Å². The molecular weight excluding hydrogens is 695 g/mol. The van der Waals surface area contributed by atoms with Crippen LogP contribution >= 0.6 is 7.82 Å². The van der Waals surface area contributed by atoms with Crippen LogP contribution in [0.3, 0.4) is 0 Å². The van der Waals surface area contributed by atoms with Crippen molar-refractivity contribution in [1.82, 2.24) is 5.32 Å². The second kappa shape index (κ2) is 35.5. The molecule has 1 saturated heterocycles. The van der Waals surface area contributed by atoms with Gasteiger partial charge in [-0.25, -0.2) is 0 Å². The molecule has 1 fully saturated rings. The number of phosphoric ester groups is 1. The van der Waals surface area contributed by atoms with Gasteiger partial charge >= 0.3 is 59.1 Å². The first kappa shape index (κ1) is 54.2. The van der Waals surface area contributed by atoms with E-state index in [2.05, 4.69) is 31.3 Å². The van der Waals surface area contributed by atoms with E-state index in [0.717, 1.165) is 51.4 Å². The van der Waals surface area contributed by atoms with Gasteiger partial charge in [0.05, 0.1) is 20.5 Å². The number of unbranched alkanes of at least 4 members (excludes halogenated alkanes) is 15. The predicted octanol–water partition coefficient (Wildman–Crippen LogP) is 0.899. The van der Waals surface area contributed by atoms with Crippen molar-refractivity contribution in [3.63, 3.8) is 0 Å². The van der Waals surface area contributed by atoms with Gasteiger partial charge in [0.15, 0.2) is 6.29 Å². The Balaban J connectivity index is 0. The Bertz CT molecular complexity index is 884. The van der Waals surface area contributed by atoms with E-state index in [0.29, 0.717) is 12.8 Å². The van der Waals surface area contributed by atoms with Crippen molar-refractivity contribution in [3.8, 4) is 0 Å². The third kappa shape index (κ3) is 27.4. The first-order valence-electron chi connectivity index (χ1n) is 19.2. The fourth-order valence-electron chi connectivity index (χ4n) is 6.34. The number of hydrogen-bond donors (Lipinski definition) is 1. The molecule has 14 heteroatoms. The number of ether oxygens (including phenoxy) is 5. The SMILES string of the molecule is CCCCCC/C=C\CCCCCCCCCC(=O)NC1C(OC)OC(COC)C(OP(=O)([O-])[O-])C1OCCC(CCCCCCC)OC.[Na+].[Na+]. The van der Waals surface area contributed by atoms with Crippen LogP contribution in [0.2, 0.25) is 0 Å². The van der Waals surface area contributed by atoms with Crippen molar-refractivity contribution in [1.29, 1.82) is 0 Å². The fourth-order valence-corrected chi connectivity index (χ4v) is 6.89. The Morgan fingerprint density at radius 2 is 1.33 bits per heavy atom. The summed E-state index contributed by atoms with van der Waals surface area (Å²) >= 11 is 0. The molecule has 0 bridgehead atoms. The number of phosphoric acid groups is 1. The zero-order valence-electron chi connectivity index (χ0n) is 33.4. The maximum atomic E-state index is 13.1. The Labute approximate surface area is 355 Å². The number of hydrogen-bond acceptors (Lipinski definition) is 10. The number of carbonyl (C=O) groups excluding carboxylic acids is 1. The first-order chi connectivity index (χ1) is 23.7. The van der Waals surface area contributed by atoms with Gasteiger partial charge in [0.1, 0.15) is 24.4 Å². The molecule has 1 aliphatic heterocycles. The van der Waals surface area contributed by atoms with E-state index in [-0.39, 0.29) is 84.3 Å². The van der Waals surface area contributed by atoms with E-state index < -0.39 is 38.5 Å². The molecule has 6 unspecified atom stereocenters. The average molecular weight is 766 g/mol. The predicted molar refractivity (Wildman–Crippen MR) is 190 cm³/mol. The number of amides is 1. The molecule has 1 heterocycles. The second-order valence-corrected chi connectivity index (χ2v) is 14.5. The maximum absolute atomic E-state index is 13.1. The van der Waals surface area contributed by atoms with Crippen LogP contribution in [0, 0.1) is 0 Å². The van der Waals surface area contributed by atoms with Crippen LogP contribution < -0.4 is 74.2 Å². The van der Waals surface area contributed by atoms with Gasteiger partial charge in [0, 0.05) is 34.4 Å². The van der Waals surface area contributed by atoms with Gasteiger partial charge < -0.3 is 47.9 Å². The molecule has 0 aromatic rings. The summed E-state index contributed by atoms with van der Waals surface area (Å²) in [6.45, 7) is 4.54. The van der Waals surface area contributed by atoms with Gasteiger partial charge in [-0.1, -0.05) is 109 Å². The Kier molecular flexibility index (Phi) is 37.8. The number of carbonyl (C=O) groups is 1. The zero-order valence-corrected chi connectivity index (χ0v) is 38.3. The van der Waals surface area contributed by atoms with Crippen LogP contribution in [0.4, 0.5) is 0 Å². The molecule has 51 heavy (non-hydrogen) atoms. The molecule has 0 spiro atoms. The molecule has 11 nitrogen and oxygen atoms in total.